The first-order chi connectivity index (χ1) is 17.0. The molecule has 1 heterocycles. The summed E-state index contributed by atoms with van der Waals surface area (Å²) in [5.74, 6) is -0.361. The number of nitriles is 1. The molecule has 36 heavy (non-hydrogen) atoms. The second-order valence-electron chi connectivity index (χ2n) is 7.84. The number of aliphatic imine (C=N–C) groups is 1. The molecule has 0 radical (unpaired) electrons. The van der Waals surface area contributed by atoms with Crippen molar-refractivity contribution in [1.29, 1.82) is 5.26 Å². The summed E-state index contributed by atoms with van der Waals surface area (Å²) in [6.45, 7) is 1.45. The number of hydrogen-bond donors (Lipinski definition) is 3. The van der Waals surface area contributed by atoms with E-state index in [0.29, 0.717) is 0 Å². The summed E-state index contributed by atoms with van der Waals surface area (Å²) in [6, 6.07) is 6.76. The monoisotopic (exact) mass is 509 g/mol. The molecule has 3 atom stereocenters. The first kappa shape index (κ1) is 26.7. The number of ether oxygens (including phenoxy) is 3. The van der Waals surface area contributed by atoms with Gasteiger partial charge in [0.15, 0.2) is 18.1 Å². The lowest BCUT2D eigenvalue weighted by atomic mass is 9.84. The Morgan fingerprint density at radius 2 is 1.97 bits per heavy atom. The molecular formula is C22H22F3N5O6. The normalized spacial score (nSPS) is 21.8. The maximum absolute atomic E-state index is 13.5. The zero-order chi connectivity index (χ0) is 26.7. The van der Waals surface area contributed by atoms with E-state index in [9.17, 15) is 33.7 Å². The van der Waals surface area contributed by atoms with Gasteiger partial charge in [-0.25, -0.2) is 4.99 Å². The summed E-state index contributed by atoms with van der Waals surface area (Å²) in [5.41, 5.74) is -3.33. The van der Waals surface area contributed by atoms with Crippen LogP contribution in [0.2, 0.25) is 0 Å². The van der Waals surface area contributed by atoms with Crippen molar-refractivity contribution in [3.8, 4) is 11.9 Å². The molecule has 0 bridgehead atoms. The van der Waals surface area contributed by atoms with Crippen LogP contribution in [-0.2, 0) is 15.7 Å². The number of fused-ring (bicyclic) bond motifs is 1. The number of nitrogens with one attached hydrogen (secondary N) is 2. The van der Waals surface area contributed by atoms with Crippen molar-refractivity contribution in [2.24, 2.45) is 4.99 Å². The lowest BCUT2D eigenvalue weighted by Gasteiger charge is -2.45. The molecular weight excluding hydrogens is 487 g/mol. The summed E-state index contributed by atoms with van der Waals surface area (Å²) in [4.78, 5) is 14.9. The molecule has 0 spiro atoms. The zero-order valence-corrected chi connectivity index (χ0v) is 19.2. The number of hydrogen-bond acceptors (Lipinski definition) is 8. The van der Waals surface area contributed by atoms with E-state index >= 15 is 0 Å². The van der Waals surface area contributed by atoms with Crippen LogP contribution in [0.15, 0.2) is 47.5 Å². The molecule has 0 saturated heterocycles. The van der Waals surface area contributed by atoms with Crippen molar-refractivity contribution in [2.45, 2.75) is 37.1 Å². The minimum absolute atomic E-state index is 0.0586. The van der Waals surface area contributed by atoms with E-state index in [4.69, 9.17) is 14.2 Å². The van der Waals surface area contributed by atoms with E-state index in [2.05, 4.69) is 15.6 Å². The Bertz CT molecular complexity index is 1200. The van der Waals surface area contributed by atoms with Gasteiger partial charge in [-0.3, -0.25) is 15.4 Å². The highest BCUT2D eigenvalue weighted by molar-refractivity contribution is 5.95. The third-order valence-corrected chi connectivity index (χ3v) is 5.56. The maximum Gasteiger partial charge on any atom is 0.418 e. The maximum atomic E-state index is 13.5. The molecule has 1 aliphatic heterocycles. The highest BCUT2D eigenvalue weighted by atomic mass is 19.4. The molecule has 3 N–H and O–H groups in total. The third-order valence-electron chi connectivity index (χ3n) is 5.56. The molecule has 2 aromatic carbocycles. The van der Waals surface area contributed by atoms with Gasteiger partial charge < -0.3 is 24.6 Å². The van der Waals surface area contributed by atoms with Crippen molar-refractivity contribution >= 4 is 17.3 Å². The molecule has 2 aromatic rings. The van der Waals surface area contributed by atoms with Crippen molar-refractivity contribution in [3.63, 3.8) is 0 Å². The number of rotatable bonds is 6. The number of para-hydroxylation sites is 1. The first-order valence-electron chi connectivity index (χ1n) is 10.3. The van der Waals surface area contributed by atoms with Crippen LogP contribution in [0.1, 0.15) is 24.1 Å². The molecule has 0 fully saturated rings. The number of aliphatic hydroxyl groups excluding tert-OH is 1. The average molecular weight is 509 g/mol. The Labute approximate surface area is 203 Å². The number of guanidine groups is 1. The molecule has 0 aromatic heterocycles. The van der Waals surface area contributed by atoms with Crippen molar-refractivity contribution in [3.05, 3.63) is 63.7 Å². The van der Waals surface area contributed by atoms with Crippen LogP contribution in [0.25, 0.3) is 0 Å². The number of anilines is 1. The van der Waals surface area contributed by atoms with Crippen LogP contribution in [-0.4, -0.2) is 48.2 Å². The van der Waals surface area contributed by atoms with Crippen LogP contribution >= 0.6 is 0 Å². The Balaban J connectivity index is 2.17. The minimum atomic E-state index is -4.71. The van der Waals surface area contributed by atoms with E-state index in [-0.39, 0.29) is 17.0 Å². The average Bonchev–Trinajstić information content (AvgIpc) is 2.82. The molecule has 3 rings (SSSR count). The van der Waals surface area contributed by atoms with Gasteiger partial charge in [0.25, 0.3) is 5.69 Å². The topological polar surface area (TPSA) is 151 Å². The predicted molar refractivity (Wildman–Crippen MR) is 120 cm³/mol. The fourth-order valence-electron chi connectivity index (χ4n) is 3.90. The van der Waals surface area contributed by atoms with Crippen LogP contribution in [0.3, 0.4) is 0 Å². The zero-order valence-electron chi connectivity index (χ0n) is 19.2. The second kappa shape index (κ2) is 10.4. The number of nitro groups is 1. The van der Waals surface area contributed by atoms with Gasteiger partial charge >= 0.3 is 6.18 Å². The second-order valence-corrected chi connectivity index (χ2v) is 7.84. The summed E-state index contributed by atoms with van der Waals surface area (Å²) in [7, 11) is 2.61. The molecule has 0 amide bonds. The summed E-state index contributed by atoms with van der Waals surface area (Å²) >= 11 is 0. The van der Waals surface area contributed by atoms with Gasteiger partial charge in [-0.15, -0.1) is 0 Å². The summed E-state index contributed by atoms with van der Waals surface area (Å²) in [5, 5.41) is 36.4. The van der Waals surface area contributed by atoms with Gasteiger partial charge in [0.05, 0.1) is 16.2 Å². The van der Waals surface area contributed by atoms with Gasteiger partial charge in [-0.2, -0.15) is 18.4 Å². The summed E-state index contributed by atoms with van der Waals surface area (Å²) in [6.07, 6.45) is -5.87. The highest BCUT2D eigenvalue weighted by Gasteiger charge is 2.52. The van der Waals surface area contributed by atoms with E-state index in [1.807, 2.05) is 0 Å². The molecule has 14 heteroatoms. The third kappa shape index (κ3) is 5.18. The lowest BCUT2D eigenvalue weighted by Crippen LogP contribution is -2.59. The van der Waals surface area contributed by atoms with Gasteiger partial charge in [0.2, 0.25) is 5.96 Å². The van der Waals surface area contributed by atoms with E-state index in [1.54, 1.807) is 6.19 Å². The number of methoxy groups -OCH3 is 2. The molecule has 0 aliphatic carbocycles. The fourth-order valence-corrected chi connectivity index (χ4v) is 3.90. The Hall–Kier alpha value is -3.93. The molecule has 0 saturated carbocycles. The van der Waals surface area contributed by atoms with E-state index in [0.717, 1.165) is 18.2 Å². The van der Waals surface area contributed by atoms with Crippen LogP contribution in [0.5, 0.6) is 5.75 Å². The highest BCUT2D eigenvalue weighted by Crippen LogP contribution is 2.45. The van der Waals surface area contributed by atoms with Crippen molar-refractivity contribution < 1.29 is 37.4 Å². The van der Waals surface area contributed by atoms with E-state index in [1.165, 1.54) is 45.4 Å². The number of nitrogens with zero attached hydrogens (tertiary/aromatic N) is 3. The Morgan fingerprint density at radius 1 is 1.31 bits per heavy atom. The molecule has 192 valence electrons. The Morgan fingerprint density at radius 3 is 2.56 bits per heavy atom. The standard InChI is InChI=1S/C22H22F3N5O6/c1-21(19(34-2)35-3)18(31)17(13-10-12(30(32)33)8-9-16(13)36-21)29-20(27-11-26)28-15-7-5-4-6-14(15)22(23,24)25/h4-10,17-19,31H,1-3H3,(H2,27,28,29). The van der Waals surface area contributed by atoms with Crippen molar-refractivity contribution in [1.82, 2.24) is 5.32 Å². The lowest BCUT2D eigenvalue weighted by molar-refractivity contribution is -0.385. The fraction of sp³-hybridized carbons (Fsp3) is 0.364. The quantitative estimate of drug-likeness (QED) is 0.101. The van der Waals surface area contributed by atoms with Gasteiger partial charge in [-0.05, 0) is 25.1 Å². The number of non-ortho nitro benzene ring substituents is 1. The smallest absolute Gasteiger partial charge is 0.418 e. The number of benzene rings is 2. The molecule has 3 unspecified atom stereocenters. The van der Waals surface area contributed by atoms with Crippen LogP contribution in [0.4, 0.5) is 24.5 Å². The Kier molecular flexibility index (Phi) is 7.68. The molecule has 1 aliphatic rings. The molecule has 11 nitrogen and oxygen atoms in total. The first-order valence-corrected chi connectivity index (χ1v) is 10.3. The number of halogens is 3. The van der Waals surface area contributed by atoms with Crippen LogP contribution < -0.4 is 15.4 Å². The largest absolute Gasteiger partial charge is 0.479 e. The minimum Gasteiger partial charge on any atom is -0.479 e. The number of aliphatic hydroxyl groups is 1. The number of alkyl halides is 3. The van der Waals surface area contributed by atoms with Gasteiger partial charge in [-0.1, -0.05) is 12.1 Å². The summed E-state index contributed by atoms with van der Waals surface area (Å²) < 4.78 is 56.9. The number of nitro benzene ring substituents is 1. The SMILES string of the molecule is COC(OC)C1(C)Oc2ccc([N+](=O)[O-])cc2C(N=C(NC#N)Nc2ccccc2C(F)(F)F)C1O. The van der Waals surface area contributed by atoms with Gasteiger partial charge in [0, 0.05) is 31.9 Å². The van der Waals surface area contributed by atoms with Crippen LogP contribution in [0, 0.1) is 21.6 Å². The van der Waals surface area contributed by atoms with Crippen molar-refractivity contribution in [2.75, 3.05) is 19.5 Å². The predicted octanol–water partition coefficient (Wildman–Crippen LogP) is 3.32. The van der Waals surface area contributed by atoms with E-state index < -0.39 is 52.3 Å². The van der Waals surface area contributed by atoms with Gasteiger partial charge in [0.1, 0.15) is 17.9 Å².